The molecule has 2 rings (SSSR count). The van der Waals surface area contributed by atoms with Crippen LogP contribution >= 0.6 is 11.6 Å². The molecule has 1 atom stereocenters. The van der Waals surface area contributed by atoms with Gasteiger partial charge in [0.05, 0.1) is 23.7 Å². The molecule has 0 aliphatic rings. The first-order valence-electron chi connectivity index (χ1n) is 8.61. The SMILES string of the molecule is COc1c(C)cc(CN(C)C(C)C(=O)Nc2ccc(C#N)c(Cl)c2)cc1C. The standard InChI is InChI=1S/C21H24ClN3O2/c1-13-8-16(9-14(2)20(13)27-5)12-25(4)15(3)21(26)24-18-7-6-17(11-23)19(22)10-18/h6-10,15H,12H2,1-5H3,(H,24,26). The van der Waals surface area contributed by atoms with E-state index in [0.29, 0.717) is 22.8 Å². The molecular weight excluding hydrogens is 362 g/mol. The van der Waals surface area contributed by atoms with Crippen molar-refractivity contribution >= 4 is 23.2 Å². The van der Waals surface area contributed by atoms with Gasteiger partial charge in [-0.1, -0.05) is 23.7 Å². The number of nitrogens with one attached hydrogen (secondary N) is 1. The van der Waals surface area contributed by atoms with Crippen LogP contribution in [0.2, 0.25) is 5.02 Å². The van der Waals surface area contributed by atoms with Crippen LogP contribution in [0.5, 0.6) is 5.75 Å². The molecule has 1 N–H and O–H groups in total. The largest absolute Gasteiger partial charge is 0.496 e. The third kappa shape index (κ3) is 5.00. The number of amides is 1. The zero-order chi connectivity index (χ0) is 20.1. The van der Waals surface area contributed by atoms with Gasteiger partial charge in [0.25, 0.3) is 0 Å². The van der Waals surface area contributed by atoms with E-state index in [4.69, 9.17) is 21.6 Å². The van der Waals surface area contributed by atoms with E-state index in [1.165, 1.54) is 0 Å². The van der Waals surface area contributed by atoms with Gasteiger partial charge < -0.3 is 10.1 Å². The fourth-order valence-electron chi connectivity index (χ4n) is 3.01. The molecule has 1 amide bonds. The molecule has 0 radical (unpaired) electrons. The quantitative estimate of drug-likeness (QED) is 0.805. The zero-order valence-corrected chi connectivity index (χ0v) is 17.0. The summed E-state index contributed by atoms with van der Waals surface area (Å²) in [7, 11) is 3.58. The summed E-state index contributed by atoms with van der Waals surface area (Å²) in [5.74, 6) is 0.755. The average Bonchev–Trinajstić information content (AvgIpc) is 2.61. The highest BCUT2D eigenvalue weighted by atomic mass is 35.5. The van der Waals surface area contributed by atoms with Gasteiger partial charge in [0.1, 0.15) is 11.8 Å². The number of likely N-dealkylation sites (N-methyl/N-ethyl adjacent to an activating group) is 1. The number of nitriles is 1. The predicted octanol–water partition coefficient (Wildman–Crippen LogP) is 4.30. The van der Waals surface area contributed by atoms with Gasteiger partial charge in [-0.3, -0.25) is 9.69 Å². The minimum atomic E-state index is -0.345. The van der Waals surface area contributed by atoms with E-state index in [1.807, 2.05) is 38.8 Å². The van der Waals surface area contributed by atoms with Crippen LogP contribution in [0.15, 0.2) is 30.3 Å². The summed E-state index contributed by atoms with van der Waals surface area (Å²) in [6.07, 6.45) is 0. The van der Waals surface area contributed by atoms with Gasteiger partial charge >= 0.3 is 0 Å². The van der Waals surface area contributed by atoms with Crippen molar-refractivity contribution < 1.29 is 9.53 Å². The summed E-state index contributed by atoms with van der Waals surface area (Å²) in [5, 5.41) is 12.1. The average molecular weight is 386 g/mol. The lowest BCUT2D eigenvalue weighted by molar-refractivity contribution is -0.120. The van der Waals surface area contributed by atoms with Gasteiger partial charge in [-0.2, -0.15) is 5.26 Å². The Balaban J connectivity index is 2.06. The first-order chi connectivity index (χ1) is 12.8. The minimum Gasteiger partial charge on any atom is -0.496 e. The van der Waals surface area contributed by atoms with Crippen molar-refractivity contribution in [2.75, 3.05) is 19.5 Å². The van der Waals surface area contributed by atoms with Crippen molar-refractivity contribution in [1.29, 1.82) is 5.26 Å². The van der Waals surface area contributed by atoms with Crippen LogP contribution < -0.4 is 10.1 Å². The van der Waals surface area contributed by atoms with E-state index in [1.54, 1.807) is 25.3 Å². The van der Waals surface area contributed by atoms with Gasteiger partial charge in [0.2, 0.25) is 5.91 Å². The Bertz CT molecular complexity index is 866. The van der Waals surface area contributed by atoms with E-state index >= 15 is 0 Å². The van der Waals surface area contributed by atoms with Crippen molar-refractivity contribution in [2.24, 2.45) is 0 Å². The van der Waals surface area contributed by atoms with Crippen molar-refractivity contribution in [3.8, 4) is 11.8 Å². The van der Waals surface area contributed by atoms with Crippen LogP contribution in [0.25, 0.3) is 0 Å². The molecule has 2 aromatic carbocycles. The number of halogens is 1. The zero-order valence-electron chi connectivity index (χ0n) is 16.3. The van der Waals surface area contributed by atoms with Crippen molar-refractivity contribution in [3.05, 3.63) is 57.6 Å². The lowest BCUT2D eigenvalue weighted by Crippen LogP contribution is -2.39. The number of hydrogen-bond acceptors (Lipinski definition) is 4. The van der Waals surface area contributed by atoms with E-state index in [0.717, 1.165) is 22.4 Å². The molecular formula is C21H24ClN3O2. The van der Waals surface area contributed by atoms with Crippen LogP contribution in [0.1, 0.15) is 29.2 Å². The predicted molar refractivity (Wildman–Crippen MR) is 108 cm³/mol. The van der Waals surface area contributed by atoms with Crippen LogP contribution in [0, 0.1) is 25.2 Å². The smallest absolute Gasteiger partial charge is 0.241 e. The maximum absolute atomic E-state index is 12.6. The molecule has 0 bridgehead atoms. The van der Waals surface area contributed by atoms with Crippen LogP contribution in [0.4, 0.5) is 5.69 Å². The second-order valence-corrected chi connectivity index (χ2v) is 7.06. The normalized spacial score (nSPS) is 11.8. The third-order valence-corrected chi connectivity index (χ3v) is 4.87. The van der Waals surface area contributed by atoms with Crippen molar-refractivity contribution in [2.45, 2.75) is 33.4 Å². The number of hydrogen-bond donors (Lipinski definition) is 1. The second kappa shape index (κ2) is 8.90. The van der Waals surface area contributed by atoms with Gasteiger partial charge in [0, 0.05) is 12.2 Å². The van der Waals surface area contributed by atoms with Gasteiger partial charge in [0.15, 0.2) is 0 Å². The number of anilines is 1. The summed E-state index contributed by atoms with van der Waals surface area (Å²) in [4.78, 5) is 14.5. The Labute approximate surface area is 165 Å². The summed E-state index contributed by atoms with van der Waals surface area (Å²) in [6.45, 7) is 6.51. The number of nitrogens with zero attached hydrogens (tertiary/aromatic N) is 2. The lowest BCUT2D eigenvalue weighted by atomic mass is 10.0. The van der Waals surface area contributed by atoms with E-state index in [9.17, 15) is 4.79 Å². The maximum Gasteiger partial charge on any atom is 0.241 e. The van der Waals surface area contributed by atoms with Crippen LogP contribution in [-0.2, 0) is 11.3 Å². The van der Waals surface area contributed by atoms with E-state index in [-0.39, 0.29) is 11.9 Å². The molecule has 0 fully saturated rings. The molecule has 0 aliphatic heterocycles. The number of carbonyl (C=O) groups is 1. The number of rotatable bonds is 6. The van der Waals surface area contributed by atoms with Crippen molar-refractivity contribution in [3.63, 3.8) is 0 Å². The van der Waals surface area contributed by atoms with Crippen LogP contribution in [-0.4, -0.2) is 31.0 Å². The first-order valence-corrected chi connectivity index (χ1v) is 8.99. The third-order valence-electron chi connectivity index (χ3n) is 4.55. The molecule has 0 aliphatic carbocycles. The Morgan fingerprint density at radius 1 is 1.30 bits per heavy atom. The number of methoxy groups -OCH3 is 1. The molecule has 27 heavy (non-hydrogen) atoms. The lowest BCUT2D eigenvalue weighted by Gasteiger charge is -2.24. The molecule has 0 aromatic heterocycles. The number of aryl methyl sites for hydroxylation is 2. The monoisotopic (exact) mass is 385 g/mol. The number of benzene rings is 2. The number of carbonyl (C=O) groups excluding carboxylic acids is 1. The fourth-order valence-corrected chi connectivity index (χ4v) is 3.23. The number of ether oxygens (including phenoxy) is 1. The molecule has 5 nitrogen and oxygen atoms in total. The Morgan fingerprint density at radius 2 is 1.93 bits per heavy atom. The summed E-state index contributed by atoms with van der Waals surface area (Å²) in [6, 6.07) is 10.7. The Morgan fingerprint density at radius 3 is 2.44 bits per heavy atom. The van der Waals surface area contributed by atoms with Gasteiger partial charge in [-0.15, -0.1) is 0 Å². The Kier molecular flexibility index (Phi) is 6.84. The molecule has 0 saturated carbocycles. The molecule has 2 aromatic rings. The fraction of sp³-hybridized carbons (Fsp3) is 0.333. The van der Waals surface area contributed by atoms with E-state index in [2.05, 4.69) is 17.4 Å². The summed E-state index contributed by atoms with van der Waals surface area (Å²) in [5.41, 5.74) is 4.22. The maximum atomic E-state index is 12.6. The molecule has 0 spiro atoms. The highest BCUT2D eigenvalue weighted by Crippen LogP contribution is 2.25. The minimum absolute atomic E-state index is 0.139. The Hall–Kier alpha value is -2.55. The molecule has 0 heterocycles. The molecule has 6 heteroatoms. The summed E-state index contributed by atoms with van der Waals surface area (Å²) < 4.78 is 5.41. The van der Waals surface area contributed by atoms with E-state index < -0.39 is 0 Å². The van der Waals surface area contributed by atoms with Crippen LogP contribution in [0.3, 0.4) is 0 Å². The topological polar surface area (TPSA) is 65.4 Å². The summed E-state index contributed by atoms with van der Waals surface area (Å²) >= 11 is 6.02. The van der Waals surface area contributed by atoms with Gasteiger partial charge in [-0.05, 0) is 62.7 Å². The van der Waals surface area contributed by atoms with Gasteiger partial charge in [-0.25, -0.2) is 0 Å². The molecule has 0 saturated heterocycles. The molecule has 1 unspecified atom stereocenters. The van der Waals surface area contributed by atoms with Crippen molar-refractivity contribution in [1.82, 2.24) is 4.90 Å². The second-order valence-electron chi connectivity index (χ2n) is 6.65. The highest BCUT2D eigenvalue weighted by Gasteiger charge is 2.19. The molecule has 142 valence electrons. The first kappa shape index (κ1) is 20.8. The highest BCUT2D eigenvalue weighted by molar-refractivity contribution is 6.32.